The van der Waals surface area contributed by atoms with Gasteiger partial charge in [-0.1, -0.05) is 6.07 Å². The number of hydrogen-bond acceptors (Lipinski definition) is 4. The summed E-state index contributed by atoms with van der Waals surface area (Å²) in [7, 11) is 1.61. The summed E-state index contributed by atoms with van der Waals surface area (Å²) in [6.45, 7) is 2.73. The minimum absolute atomic E-state index is 0.0871. The SMILES string of the molecule is COc1cccc(NC(=O)N2CCCC(C3OCCO3)C2)c1. The molecule has 1 N–H and O–H groups in total. The highest BCUT2D eigenvalue weighted by molar-refractivity contribution is 5.89. The van der Waals surface area contributed by atoms with Gasteiger partial charge in [0.2, 0.25) is 0 Å². The molecule has 2 aliphatic rings. The van der Waals surface area contributed by atoms with Gasteiger partial charge in [-0.3, -0.25) is 0 Å². The number of likely N-dealkylation sites (tertiary alicyclic amines) is 1. The van der Waals surface area contributed by atoms with Gasteiger partial charge in [0.1, 0.15) is 5.75 Å². The Morgan fingerprint density at radius 1 is 1.36 bits per heavy atom. The molecule has 2 fully saturated rings. The van der Waals surface area contributed by atoms with E-state index in [-0.39, 0.29) is 18.2 Å². The summed E-state index contributed by atoms with van der Waals surface area (Å²) in [4.78, 5) is 14.3. The number of rotatable bonds is 3. The summed E-state index contributed by atoms with van der Waals surface area (Å²) in [5, 5.41) is 2.92. The first-order valence-corrected chi connectivity index (χ1v) is 7.69. The highest BCUT2D eigenvalue weighted by Gasteiger charge is 2.32. The number of carbonyl (C=O) groups excluding carboxylic acids is 1. The van der Waals surface area contributed by atoms with E-state index in [2.05, 4.69) is 5.32 Å². The van der Waals surface area contributed by atoms with E-state index in [1.165, 1.54) is 0 Å². The van der Waals surface area contributed by atoms with Crippen LogP contribution in [0.1, 0.15) is 12.8 Å². The van der Waals surface area contributed by atoms with Crippen molar-refractivity contribution < 1.29 is 19.0 Å². The molecule has 0 saturated carbocycles. The molecule has 0 aliphatic carbocycles. The average molecular weight is 306 g/mol. The van der Waals surface area contributed by atoms with Crippen molar-refractivity contribution in [3.63, 3.8) is 0 Å². The Balaban J connectivity index is 1.59. The van der Waals surface area contributed by atoms with Crippen LogP contribution >= 0.6 is 0 Å². The second-order valence-corrected chi connectivity index (χ2v) is 5.62. The molecule has 0 bridgehead atoms. The van der Waals surface area contributed by atoms with E-state index in [1.54, 1.807) is 7.11 Å². The minimum atomic E-state index is -0.160. The number of methoxy groups -OCH3 is 1. The van der Waals surface area contributed by atoms with Crippen LogP contribution in [0.4, 0.5) is 10.5 Å². The zero-order valence-electron chi connectivity index (χ0n) is 12.8. The number of piperidine rings is 1. The maximum absolute atomic E-state index is 12.4. The van der Waals surface area contributed by atoms with Crippen LogP contribution in [0.25, 0.3) is 0 Å². The second kappa shape index (κ2) is 6.98. The molecule has 2 amide bonds. The number of benzene rings is 1. The maximum Gasteiger partial charge on any atom is 0.321 e. The first kappa shape index (κ1) is 15.1. The lowest BCUT2D eigenvalue weighted by Gasteiger charge is -2.34. The van der Waals surface area contributed by atoms with Crippen LogP contribution in [0.3, 0.4) is 0 Å². The molecule has 6 heteroatoms. The van der Waals surface area contributed by atoms with Crippen molar-refractivity contribution in [1.29, 1.82) is 0 Å². The number of nitrogens with one attached hydrogen (secondary N) is 1. The van der Waals surface area contributed by atoms with E-state index in [4.69, 9.17) is 14.2 Å². The van der Waals surface area contributed by atoms with Crippen LogP contribution < -0.4 is 10.1 Å². The van der Waals surface area contributed by atoms with Gasteiger partial charge in [0.25, 0.3) is 0 Å². The lowest BCUT2D eigenvalue weighted by atomic mass is 9.98. The van der Waals surface area contributed by atoms with Crippen molar-refractivity contribution in [1.82, 2.24) is 4.90 Å². The second-order valence-electron chi connectivity index (χ2n) is 5.62. The molecular weight excluding hydrogens is 284 g/mol. The quantitative estimate of drug-likeness (QED) is 0.931. The molecule has 0 spiro atoms. The fourth-order valence-electron chi connectivity index (χ4n) is 2.97. The highest BCUT2D eigenvalue weighted by Crippen LogP contribution is 2.25. The minimum Gasteiger partial charge on any atom is -0.497 e. The standard InChI is InChI=1S/C16H22N2O4/c1-20-14-6-2-5-13(10-14)17-16(19)18-7-3-4-12(11-18)15-21-8-9-22-15/h2,5-6,10,12,15H,3-4,7-9,11H2,1H3,(H,17,19). The molecule has 1 unspecified atom stereocenters. The first-order valence-electron chi connectivity index (χ1n) is 7.69. The maximum atomic E-state index is 12.4. The number of amides is 2. The molecule has 120 valence electrons. The molecule has 6 nitrogen and oxygen atoms in total. The van der Waals surface area contributed by atoms with Crippen molar-refractivity contribution in [3.8, 4) is 5.75 Å². The van der Waals surface area contributed by atoms with Gasteiger partial charge in [-0.25, -0.2) is 4.79 Å². The molecule has 0 aromatic heterocycles. The molecular formula is C16H22N2O4. The Hall–Kier alpha value is -1.79. The summed E-state index contributed by atoms with van der Waals surface area (Å²) in [5.41, 5.74) is 0.736. The van der Waals surface area contributed by atoms with Crippen molar-refractivity contribution >= 4 is 11.7 Å². The Labute approximate surface area is 130 Å². The van der Waals surface area contributed by atoms with E-state index in [9.17, 15) is 4.79 Å². The first-order chi connectivity index (χ1) is 10.8. The molecule has 0 radical (unpaired) electrons. The molecule has 1 atom stereocenters. The summed E-state index contributed by atoms with van der Waals surface area (Å²) >= 11 is 0. The summed E-state index contributed by atoms with van der Waals surface area (Å²) < 4.78 is 16.3. The van der Waals surface area contributed by atoms with Gasteiger partial charge in [0.15, 0.2) is 6.29 Å². The molecule has 2 aliphatic heterocycles. The average Bonchev–Trinajstić information content (AvgIpc) is 3.09. The summed E-state index contributed by atoms with van der Waals surface area (Å²) in [5.74, 6) is 0.981. The Morgan fingerprint density at radius 2 is 2.18 bits per heavy atom. The van der Waals surface area contributed by atoms with Crippen LogP contribution in [-0.2, 0) is 9.47 Å². The summed E-state index contributed by atoms with van der Waals surface area (Å²) in [6.07, 6.45) is 1.85. The van der Waals surface area contributed by atoms with E-state index in [0.29, 0.717) is 19.8 Å². The monoisotopic (exact) mass is 306 g/mol. The molecule has 22 heavy (non-hydrogen) atoms. The Kier molecular flexibility index (Phi) is 4.80. The third-order valence-electron chi connectivity index (χ3n) is 4.10. The van der Waals surface area contributed by atoms with Crippen LogP contribution in [0.15, 0.2) is 24.3 Å². The molecule has 2 saturated heterocycles. The number of nitrogens with zero attached hydrogens (tertiary/aromatic N) is 1. The van der Waals surface area contributed by atoms with Gasteiger partial charge >= 0.3 is 6.03 Å². The smallest absolute Gasteiger partial charge is 0.321 e. The van der Waals surface area contributed by atoms with Crippen molar-refractivity contribution in [3.05, 3.63) is 24.3 Å². The van der Waals surface area contributed by atoms with E-state index in [0.717, 1.165) is 30.8 Å². The predicted octanol–water partition coefficient (Wildman–Crippen LogP) is 2.31. The Morgan fingerprint density at radius 3 is 2.95 bits per heavy atom. The third-order valence-corrected chi connectivity index (χ3v) is 4.10. The molecule has 2 heterocycles. The lowest BCUT2D eigenvalue weighted by Crippen LogP contribution is -2.45. The normalized spacial score (nSPS) is 22.6. The fourth-order valence-corrected chi connectivity index (χ4v) is 2.97. The summed E-state index contributed by atoms with van der Waals surface area (Å²) in [6, 6.07) is 7.28. The van der Waals surface area contributed by atoms with Crippen molar-refractivity contribution in [2.45, 2.75) is 19.1 Å². The van der Waals surface area contributed by atoms with Gasteiger partial charge in [0.05, 0.1) is 20.3 Å². The van der Waals surface area contributed by atoms with Crippen LogP contribution in [0.2, 0.25) is 0 Å². The van der Waals surface area contributed by atoms with E-state index < -0.39 is 0 Å². The number of hydrogen-bond donors (Lipinski definition) is 1. The third kappa shape index (κ3) is 3.51. The van der Waals surface area contributed by atoms with Gasteiger partial charge in [0, 0.05) is 30.8 Å². The van der Waals surface area contributed by atoms with E-state index in [1.807, 2.05) is 29.2 Å². The molecule has 1 aromatic rings. The lowest BCUT2D eigenvalue weighted by molar-refractivity contribution is -0.0959. The number of carbonyl (C=O) groups is 1. The fraction of sp³-hybridized carbons (Fsp3) is 0.562. The topological polar surface area (TPSA) is 60.0 Å². The van der Waals surface area contributed by atoms with Crippen molar-refractivity contribution in [2.24, 2.45) is 5.92 Å². The van der Waals surface area contributed by atoms with E-state index >= 15 is 0 Å². The van der Waals surface area contributed by atoms with Gasteiger partial charge in [-0.2, -0.15) is 0 Å². The van der Waals surface area contributed by atoms with Crippen LogP contribution in [-0.4, -0.2) is 50.6 Å². The van der Waals surface area contributed by atoms with Crippen molar-refractivity contribution in [2.75, 3.05) is 38.7 Å². The highest BCUT2D eigenvalue weighted by atomic mass is 16.7. The Bertz CT molecular complexity index is 517. The molecule has 1 aromatic carbocycles. The zero-order valence-corrected chi connectivity index (χ0v) is 12.8. The number of ether oxygens (including phenoxy) is 3. The van der Waals surface area contributed by atoms with Gasteiger partial charge < -0.3 is 24.4 Å². The largest absolute Gasteiger partial charge is 0.497 e. The molecule has 3 rings (SSSR count). The zero-order chi connectivity index (χ0) is 15.4. The van der Waals surface area contributed by atoms with Gasteiger partial charge in [-0.15, -0.1) is 0 Å². The van der Waals surface area contributed by atoms with Crippen LogP contribution in [0.5, 0.6) is 5.75 Å². The number of urea groups is 1. The number of anilines is 1. The predicted molar refractivity (Wildman–Crippen MR) is 82.0 cm³/mol. The van der Waals surface area contributed by atoms with Gasteiger partial charge in [-0.05, 0) is 25.0 Å². The van der Waals surface area contributed by atoms with Crippen LogP contribution in [0, 0.1) is 5.92 Å².